The molecule has 0 bridgehead atoms. The van der Waals surface area contributed by atoms with E-state index in [1.54, 1.807) is 12.0 Å². The maximum Gasteiger partial charge on any atom is 0.410 e. The molecule has 1 fully saturated rings. The molecule has 3 atom stereocenters. The van der Waals surface area contributed by atoms with Gasteiger partial charge in [0, 0.05) is 19.7 Å². The Morgan fingerprint density at radius 2 is 2.00 bits per heavy atom. The van der Waals surface area contributed by atoms with E-state index in [1.807, 2.05) is 20.8 Å². The Labute approximate surface area is 135 Å². The molecular weight excluding hydrogens is 280 g/mol. The second kappa shape index (κ2) is 8.73. The lowest BCUT2D eigenvalue weighted by atomic mass is 10.1. The fraction of sp³-hybridized carbons (Fsp3) is 0.941. The molecule has 1 aliphatic heterocycles. The number of likely N-dealkylation sites (tertiary alicyclic amines) is 1. The minimum Gasteiger partial charge on any atom is -0.444 e. The van der Waals surface area contributed by atoms with Crippen molar-refractivity contribution in [3.05, 3.63) is 0 Å². The Morgan fingerprint density at radius 3 is 2.55 bits per heavy atom. The van der Waals surface area contributed by atoms with Crippen molar-refractivity contribution >= 4 is 6.09 Å². The Morgan fingerprint density at radius 1 is 1.32 bits per heavy atom. The van der Waals surface area contributed by atoms with Gasteiger partial charge in [0.15, 0.2) is 0 Å². The van der Waals surface area contributed by atoms with Crippen LogP contribution in [0.1, 0.15) is 60.3 Å². The number of carbonyl (C=O) groups excluding carboxylic acids is 1. The number of ether oxygens (including phenoxy) is 2. The van der Waals surface area contributed by atoms with E-state index in [-0.39, 0.29) is 18.2 Å². The Bertz CT molecular complexity index is 341. The number of nitrogens with one attached hydrogen (secondary N) is 1. The standard InChI is InChI=1S/C17H34N2O3/c1-7-8-9-10-13(2)18-14-11-19(12-15(14)21-6)16(20)22-17(3,4)5/h13-15,18H,7-12H2,1-6H3/t13?,14?,15-/m0/s1. The number of unbranched alkanes of at least 4 members (excludes halogenated alkanes) is 2. The Balaban J connectivity index is 2.49. The highest BCUT2D eigenvalue weighted by Crippen LogP contribution is 2.18. The molecule has 1 aliphatic rings. The van der Waals surface area contributed by atoms with Crippen LogP contribution in [0.3, 0.4) is 0 Å². The molecule has 0 aromatic carbocycles. The van der Waals surface area contributed by atoms with Crippen molar-refractivity contribution in [3.8, 4) is 0 Å². The second-order valence-electron chi connectivity index (χ2n) is 7.33. The van der Waals surface area contributed by atoms with Gasteiger partial charge >= 0.3 is 6.09 Å². The number of hydrogen-bond donors (Lipinski definition) is 1. The number of methoxy groups -OCH3 is 1. The number of amides is 1. The molecule has 1 heterocycles. The van der Waals surface area contributed by atoms with Crippen LogP contribution in [0, 0.1) is 0 Å². The predicted molar refractivity (Wildman–Crippen MR) is 89.1 cm³/mol. The first-order chi connectivity index (χ1) is 10.3. The quantitative estimate of drug-likeness (QED) is 0.733. The predicted octanol–water partition coefficient (Wildman–Crippen LogP) is 3.18. The lowest BCUT2D eigenvalue weighted by Gasteiger charge is -2.25. The van der Waals surface area contributed by atoms with Gasteiger partial charge in [-0.1, -0.05) is 26.2 Å². The van der Waals surface area contributed by atoms with E-state index in [1.165, 1.54) is 19.3 Å². The zero-order valence-corrected chi connectivity index (χ0v) is 15.1. The lowest BCUT2D eigenvalue weighted by Crippen LogP contribution is -2.45. The molecule has 1 rings (SSSR count). The van der Waals surface area contributed by atoms with Crippen LogP contribution in [0.4, 0.5) is 4.79 Å². The average molecular weight is 314 g/mol. The number of rotatable bonds is 7. The minimum absolute atomic E-state index is 0.0288. The summed E-state index contributed by atoms with van der Waals surface area (Å²) in [5.74, 6) is 0. The van der Waals surface area contributed by atoms with Gasteiger partial charge in [-0.3, -0.25) is 0 Å². The zero-order chi connectivity index (χ0) is 16.8. The van der Waals surface area contributed by atoms with Crippen LogP contribution in [0.5, 0.6) is 0 Å². The molecule has 22 heavy (non-hydrogen) atoms. The third-order valence-corrected chi connectivity index (χ3v) is 3.96. The summed E-state index contributed by atoms with van der Waals surface area (Å²) in [7, 11) is 1.71. The van der Waals surface area contributed by atoms with E-state index in [0.717, 1.165) is 6.42 Å². The summed E-state index contributed by atoms with van der Waals surface area (Å²) in [6.45, 7) is 11.3. The van der Waals surface area contributed by atoms with Crippen LogP contribution in [-0.2, 0) is 9.47 Å². The molecule has 0 aromatic rings. The van der Waals surface area contributed by atoms with Gasteiger partial charge in [-0.05, 0) is 34.1 Å². The van der Waals surface area contributed by atoms with E-state index < -0.39 is 5.60 Å². The van der Waals surface area contributed by atoms with Crippen molar-refractivity contribution < 1.29 is 14.3 Å². The van der Waals surface area contributed by atoms with E-state index in [2.05, 4.69) is 19.2 Å². The van der Waals surface area contributed by atoms with Gasteiger partial charge in [-0.2, -0.15) is 0 Å². The molecule has 0 saturated carbocycles. The Hall–Kier alpha value is -0.810. The third kappa shape index (κ3) is 6.53. The van der Waals surface area contributed by atoms with Gasteiger partial charge < -0.3 is 19.7 Å². The summed E-state index contributed by atoms with van der Waals surface area (Å²) >= 11 is 0. The van der Waals surface area contributed by atoms with Crippen LogP contribution >= 0.6 is 0 Å². The molecule has 0 aromatic heterocycles. The topological polar surface area (TPSA) is 50.8 Å². The zero-order valence-electron chi connectivity index (χ0n) is 15.1. The molecule has 5 heteroatoms. The summed E-state index contributed by atoms with van der Waals surface area (Å²) in [5.41, 5.74) is -0.460. The third-order valence-electron chi connectivity index (χ3n) is 3.96. The van der Waals surface area contributed by atoms with Gasteiger partial charge in [0.2, 0.25) is 0 Å². The molecule has 1 saturated heterocycles. The first-order valence-electron chi connectivity index (χ1n) is 8.53. The van der Waals surface area contributed by atoms with E-state index >= 15 is 0 Å². The molecule has 0 radical (unpaired) electrons. The number of hydrogen-bond acceptors (Lipinski definition) is 4. The summed E-state index contributed by atoms with van der Waals surface area (Å²) in [6.07, 6.45) is 4.69. The monoisotopic (exact) mass is 314 g/mol. The first kappa shape index (κ1) is 19.2. The molecule has 0 aliphatic carbocycles. The fourth-order valence-electron chi connectivity index (χ4n) is 2.80. The van der Waals surface area contributed by atoms with Gasteiger partial charge in [-0.25, -0.2) is 4.79 Å². The van der Waals surface area contributed by atoms with Gasteiger partial charge in [0.05, 0.1) is 18.7 Å². The summed E-state index contributed by atoms with van der Waals surface area (Å²) < 4.78 is 11.0. The Kier molecular flexibility index (Phi) is 7.63. The van der Waals surface area contributed by atoms with Crippen LogP contribution in [0.25, 0.3) is 0 Å². The van der Waals surface area contributed by atoms with Gasteiger partial charge in [0.25, 0.3) is 0 Å². The highest BCUT2D eigenvalue weighted by molar-refractivity contribution is 5.68. The molecule has 5 nitrogen and oxygen atoms in total. The highest BCUT2D eigenvalue weighted by atomic mass is 16.6. The van der Waals surface area contributed by atoms with Gasteiger partial charge in [-0.15, -0.1) is 0 Å². The molecule has 2 unspecified atom stereocenters. The summed E-state index contributed by atoms with van der Waals surface area (Å²) in [6, 6.07) is 0.613. The largest absolute Gasteiger partial charge is 0.444 e. The summed E-state index contributed by atoms with van der Waals surface area (Å²) in [5, 5.41) is 3.61. The molecule has 1 N–H and O–H groups in total. The van der Waals surface area contributed by atoms with Gasteiger partial charge in [0.1, 0.15) is 5.60 Å². The second-order valence-corrected chi connectivity index (χ2v) is 7.33. The SMILES string of the molecule is CCCCCC(C)NC1CN(C(=O)OC(C)(C)C)C[C@@H]1OC. The van der Waals surface area contributed by atoms with Crippen LogP contribution in [0.2, 0.25) is 0 Å². The highest BCUT2D eigenvalue weighted by Gasteiger charge is 2.37. The average Bonchev–Trinajstić information content (AvgIpc) is 2.80. The van der Waals surface area contributed by atoms with Crippen molar-refractivity contribution in [3.63, 3.8) is 0 Å². The van der Waals surface area contributed by atoms with E-state index in [4.69, 9.17) is 9.47 Å². The van der Waals surface area contributed by atoms with Crippen LogP contribution in [0.15, 0.2) is 0 Å². The lowest BCUT2D eigenvalue weighted by molar-refractivity contribution is 0.0252. The fourth-order valence-corrected chi connectivity index (χ4v) is 2.80. The maximum absolute atomic E-state index is 12.2. The summed E-state index contributed by atoms with van der Waals surface area (Å²) in [4.78, 5) is 13.9. The van der Waals surface area contributed by atoms with Crippen molar-refractivity contribution in [1.29, 1.82) is 0 Å². The molecule has 0 spiro atoms. The molecule has 1 amide bonds. The van der Waals surface area contributed by atoms with Crippen molar-refractivity contribution in [2.75, 3.05) is 20.2 Å². The van der Waals surface area contributed by atoms with Crippen molar-refractivity contribution in [2.45, 2.75) is 84.1 Å². The van der Waals surface area contributed by atoms with Crippen LogP contribution < -0.4 is 5.32 Å². The smallest absolute Gasteiger partial charge is 0.410 e. The number of nitrogens with zero attached hydrogens (tertiary/aromatic N) is 1. The normalized spacial score (nSPS) is 23.6. The van der Waals surface area contributed by atoms with E-state index in [0.29, 0.717) is 19.1 Å². The van der Waals surface area contributed by atoms with Crippen molar-refractivity contribution in [2.24, 2.45) is 0 Å². The number of carbonyl (C=O) groups is 1. The van der Waals surface area contributed by atoms with E-state index in [9.17, 15) is 4.79 Å². The first-order valence-corrected chi connectivity index (χ1v) is 8.53. The van der Waals surface area contributed by atoms with Crippen molar-refractivity contribution in [1.82, 2.24) is 10.2 Å². The minimum atomic E-state index is -0.460. The maximum atomic E-state index is 12.2. The molecular formula is C17H34N2O3. The van der Waals surface area contributed by atoms with Crippen LogP contribution in [-0.4, -0.2) is 55.0 Å². The molecule has 130 valence electrons.